The highest BCUT2D eigenvalue weighted by atomic mass is 79.9. The van der Waals surface area contributed by atoms with E-state index < -0.39 is 20.6 Å². The van der Waals surface area contributed by atoms with Crippen LogP contribution >= 0.6 is 31.1 Å². The Hall–Kier alpha value is -0.530. The summed E-state index contributed by atoms with van der Waals surface area (Å²) in [4.78, 5) is 11.5. The SMILES string of the molecule is CCOP(=O)(OCC)C(c1ccc(NC(=O)CBr)cc1)P(=O)(OCC)OCC. The summed E-state index contributed by atoms with van der Waals surface area (Å²) in [5.41, 5.74) is 0.949. The van der Waals surface area contributed by atoms with Crippen molar-refractivity contribution in [2.75, 3.05) is 37.1 Å². The molecule has 28 heavy (non-hydrogen) atoms. The second-order valence-corrected chi connectivity index (χ2v) is 10.6. The number of anilines is 1. The van der Waals surface area contributed by atoms with E-state index in [9.17, 15) is 13.9 Å². The number of alkyl halides is 1. The summed E-state index contributed by atoms with van der Waals surface area (Å²) in [6, 6.07) is 6.44. The van der Waals surface area contributed by atoms with E-state index in [4.69, 9.17) is 18.1 Å². The molecule has 0 saturated carbocycles. The lowest BCUT2D eigenvalue weighted by Gasteiger charge is -2.31. The lowest BCUT2D eigenvalue weighted by Crippen LogP contribution is -2.13. The molecule has 1 aromatic carbocycles. The number of hydrogen-bond acceptors (Lipinski definition) is 7. The van der Waals surface area contributed by atoms with Crippen molar-refractivity contribution in [3.8, 4) is 0 Å². The summed E-state index contributed by atoms with van der Waals surface area (Å²) in [6.45, 7) is 7.11. The summed E-state index contributed by atoms with van der Waals surface area (Å²) >= 11 is 3.08. The smallest absolute Gasteiger partial charge is 0.325 e. The van der Waals surface area contributed by atoms with Gasteiger partial charge in [-0.15, -0.1) is 0 Å². The first-order chi connectivity index (χ1) is 13.3. The topological polar surface area (TPSA) is 100 Å². The Bertz CT molecular complexity index is 664. The molecule has 1 aromatic rings. The predicted molar refractivity (Wildman–Crippen MR) is 113 cm³/mol. The highest BCUT2D eigenvalue weighted by Crippen LogP contribution is 2.78. The number of halogens is 1. The molecule has 0 atom stereocenters. The molecule has 8 nitrogen and oxygen atoms in total. The summed E-state index contributed by atoms with van der Waals surface area (Å²) < 4.78 is 49.0. The summed E-state index contributed by atoms with van der Waals surface area (Å²) in [7, 11) is -7.78. The zero-order valence-corrected chi connectivity index (χ0v) is 19.9. The minimum atomic E-state index is -3.89. The van der Waals surface area contributed by atoms with Crippen LogP contribution in [0, 0.1) is 0 Å². The molecule has 1 N–H and O–H groups in total. The molecule has 11 heteroatoms. The molecule has 1 rings (SSSR count). The van der Waals surface area contributed by atoms with Crippen LogP contribution in [-0.2, 0) is 32.0 Å². The molecule has 0 aliphatic rings. The van der Waals surface area contributed by atoms with Crippen LogP contribution in [0.4, 0.5) is 5.69 Å². The lowest BCUT2D eigenvalue weighted by atomic mass is 10.2. The van der Waals surface area contributed by atoms with E-state index >= 15 is 0 Å². The van der Waals surface area contributed by atoms with Crippen LogP contribution in [0.15, 0.2) is 24.3 Å². The van der Waals surface area contributed by atoms with E-state index in [0.29, 0.717) is 11.3 Å². The molecular weight excluding hydrogens is 472 g/mol. The maximum absolute atomic E-state index is 13.6. The standard InChI is InChI=1S/C17H28BrNO7P2/c1-5-23-27(21,24-6-2)17(28(22,25-7-3)26-8-4)14-9-11-15(12-10-14)19-16(20)13-18/h9-12,17H,5-8,13H2,1-4H3,(H,19,20). The first kappa shape index (κ1) is 25.5. The van der Waals surface area contributed by atoms with E-state index in [2.05, 4.69) is 21.2 Å². The molecule has 0 heterocycles. The molecule has 1 amide bonds. The summed E-state index contributed by atoms with van der Waals surface area (Å²) in [5.74, 6) is -0.215. The molecule has 0 aliphatic carbocycles. The Labute approximate surface area is 174 Å². The van der Waals surface area contributed by atoms with Crippen LogP contribution in [0.2, 0.25) is 0 Å². The third-order valence-corrected chi connectivity index (χ3v) is 9.92. The number of amides is 1. The third-order valence-electron chi connectivity index (χ3n) is 3.45. The maximum Gasteiger partial charge on any atom is 0.350 e. The first-order valence-corrected chi connectivity index (χ1v) is 13.4. The van der Waals surface area contributed by atoms with Crippen LogP contribution in [0.25, 0.3) is 0 Å². The zero-order chi connectivity index (χ0) is 21.2. The van der Waals surface area contributed by atoms with Gasteiger partial charge in [0.05, 0.1) is 31.8 Å². The van der Waals surface area contributed by atoms with Crippen molar-refractivity contribution in [2.24, 2.45) is 0 Å². The van der Waals surface area contributed by atoms with Crippen molar-refractivity contribution >= 4 is 42.7 Å². The molecule has 0 aromatic heterocycles. The van der Waals surface area contributed by atoms with Crippen LogP contribution in [0.3, 0.4) is 0 Å². The van der Waals surface area contributed by atoms with Gasteiger partial charge in [-0.2, -0.15) is 0 Å². The second kappa shape index (κ2) is 12.2. The first-order valence-electron chi connectivity index (χ1n) is 9.03. The number of carbonyl (C=O) groups is 1. The Morgan fingerprint density at radius 3 is 1.61 bits per heavy atom. The molecule has 0 spiro atoms. The number of benzene rings is 1. The van der Waals surface area contributed by atoms with Gasteiger partial charge >= 0.3 is 15.2 Å². The van der Waals surface area contributed by atoms with E-state index in [1.165, 1.54) is 0 Å². The van der Waals surface area contributed by atoms with E-state index in [-0.39, 0.29) is 37.7 Å². The van der Waals surface area contributed by atoms with Crippen molar-refractivity contribution in [1.82, 2.24) is 0 Å². The van der Waals surface area contributed by atoms with Crippen LogP contribution in [-0.4, -0.2) is 37.7 Å². The Kier molecular flexibility index (Phi) is 11.1. The molecule has 0 saturated heterocycles. The molecule has 0 bridgehead atoms. The second-order valence-electron chi connectivity index (χ2n) is 5.43. The highest BCUT2D eigenvalue weighted by Gasteiger charge is 2.51. The maximum atomic E-state index is 13.6. The van der Waals surface area contributed by atoms with Crippen LogP contribution < -0.4 is 5.32 Å². The van der Waals surface area contributed by atoms with Gasteiger partial charge in [0.25, 0.3) is 0 Å². The normalized spacial score (nSPS) is 12.4. The largest absolute Gasteiger partial charge is 0.350 e. The van der Waals surface area contributed by atoms with Crippen molar-refractivity contribution in [1.29, 1.82) is 0 Å². The van der Waals surface area contributed by atoms with Gasteiger partial charge in [-0.3, -0.25) is 13.9 Å². The van der Waals surface area contributed by atoms with Crippen molar-refractivity contribution in [3.05, 3.63) is 29.8 Å². The Morgan fingerprint density at radius 2 is 1.29 bits per heavy atom. The molecule has 0 aliphatic heterocycles. The molecule has 0 fully saturated rings. The fourth-order valence-corrected chi connectivity index (χ4v) is 8.10. The van der Waals surface area contributed by atoms with Gasteiger partial charge in [-0.1, -0.05) is 28.1 Å². The van der Waals surface area contributed by atoms with Gasteiger partial charge < -0.3 is 23.4 Å². The number of nitrogens with one attached hydrogen (secondary N) is 1. The zero-order valence-electron chi connectivity index (χ0n) is 16.6. The van der Waals surface area contributed by atoms with Crippen LogP contribution in [0.1, 0.15) is 38.7 Å². The Balaban J connectivity index is 3.47. The van der Waals surface area contributed by atoms with Crippen molar-refractivity contribution in [3.63, 3.8) is 0 Å². The third kappa shape index (κ3) is 6.77. The van der Waals surface area contributed by atoms with E-state index in [1.807, 2.05) is 0 Å². The van der Waals surface area contributed by atoms with Crippen LogP contribution in [0.5, 0.6) is 0 Å². The number of carbonyl (C=O) groups excluding carboxylic acids is 1. The van der Waals surface area contributed by atoms with Gasteiger partial charge in [0.15, 0.2) is 5.40 Å². The molecular formula is C17H28BrNO7P2. The average Bonchev–Trinajstić information content (AvgIpc) is 2.64. The van der Waals surface area contributed by atoms with E-state index in [1.54, 1.807) is 52.0 Å². The fraction of sp³-hybridized carbons (Fsp3) is 0.588. The van der Waals surface area contributed by atoms with Crippen molar-refractivity contribution < 1.29 is 32.0 Å². The van der Waals surface area contributed by atoms with Gasteiger partial charge in [-0.05, 0) is 45.4 Å². The number of rotatable bonds is 13. The minimum Gasteiger partial charge on any atom is -0.325 e. The summed E-state index contributed by atoms with van der Waals surface area (Å²) in [5, 5.41) is 1.60. The van der Waals surface area contributed by atoms with Gasteiger partial charge in [0, 0.05) is 5.69 Å². The van der Waals surface area contributed by atoms with Gasteiger partial charge in [-0.25, -0.2) is 0 Å². The fourth-order valence-electron chi connectivity index (χ4n) is 2.55. The van der Waals surface area contributed by atoms with Gasteiger partial charge in [0.2, 0.25) is 5.91 Å². The van der Waals surface area contributed by atoms with Crippen molar-refractivity contribution in [2.45, 2.75) is 33.1 Å². The monoisotopic (exact) mass is 499 g/mol. The highest BCUT2D eigenvalue weighted by molar-refractivity contribution is 9.09. The van der Waals surface area contributed by atoms with E-state index in [0.717, 1.165) is 0 Å². The average molecular weight is 500 g/mol. The quantitative estimate of drug-likeness (QED) is 0.280. The van der Waals surface area contributed by atoms with Gasteiger partial charge in [0.1, 0.15) is 0 Å². The molecule has 0 unspecified atom stereocenters. The summed E-state index contributed by atoms with van der Waals surface area (Å²) in [6.07, 6.45) is 0. The predicted octanol–water partition coefficient (Wildman–Crippen LogP) is 5.55. The lowest BCUT2D eigenvalue weighted by molar-refractivity contribution is -0.113. The Morgan fingerprint density at radius 1 is 0.893 bits per heavy atom. The number of hydrogen-bond donors (Lipinski definition) is 1. The molecule has 0 radical (unpaired) electrons. The molecule has 160 valence electrons. The minimum absolute atomic E-state index is 0.103.